The van der Waals surface area contributed by atoms with Crippen molar-refractivity contribution in [3.05, 3.63) is 42.5 Å². The lowest BCUT2D eigenvalue weighted by Crippen LogP contribution is -2.02. The molecule has 2 rings (SSSR count). The molecule has 0 saturated heterocycles. The highest BCUT2D eigenvalue weighted by molar-refractivity contribution is 5.70. The van der Waals surface area contributed by atoms with Gasteiger partial charge in [-0.05, 0) is 19.1 Å². The van der Waals surface area contributed by atoms with E-state index in [2.05, 4.69) is 15.3 Å². The number of aromatic nitrogens is 2. The number of anilines is 1. The second kappa shape index (κ2) is 4.70. The van der Waals surface area contributed by atoms with Crippen molar-refractivity contribution in [2.24, 2.45) is 0 Å². The van der Waals surface area contributed by atoms with Crippen LogP contribution in [0.3, 0.4) is 0 Å². The van der Waals surface area contributed by atoms with Gasteiger partial charge in [-0.1, -0.05) is 12.1 Å². The summed E-state index contributed by atoms with van der Waals surface area (Å²) in [6.45, 7) is 2.73. The topological polar surface area (TPSA) is 37.8 Å². The maximum atomic E-state index is 13.1. The van der Waals surface area contributed by atoms with Gasteiger partial charge < -0.3 is 5.32 Å². The van der Waals surface area contributed by atoms with Crippen molar-refractivity contribution < 1.29 is 4.39 Å². The van der Waals surface area contributed by atoms with Gasteiger partial charge in [0.15, 0.2) is 5.82 Å². The maximum absolute atomic E-state index is 13.1. The SMILES string of the molecule is CCNc1nccnc1-c1cccc(F)c1. The zero-order chi connectivity index (χ0) is 11.4. The van der Waals surface area contributed by atoms with Gasteiger partial charge in [0.2, 0.25) is 0 Å². The van der Waals surface area contributed by atoms with Crippen LogP contribution in [0.15, 0.2) is 36.7 Å². The fourth-order valence-electron chi connectivity index (χ4n) is 1.48. The summed E-state index contributed by atoms with van der Waals surface area (Å²) < 4.78 is 13.1. The molecule has 0 saturated carbocycles. The number of nitrogens with one attached hydrogen (secondary N) is 1. The summed E-state index contributed by atoms with van der Waals surface area (Å²) in [6, 6.07) is 6.33. The van der Waals surface area contributed by atoms with Crippen molar-refractivity contribution in [2.45, 2.75) is 6.92 Å². The molecule has 82 valence electrons. The monoisotopic (exact) mass is 217 g/mol. The lowest BCUT2D eigenvalue weighted by atomic mass is 10.1. The fraction of sp³-hybridized carbons (Fsp3) is 0.167. The lowest BCUT2D eigenvalue weighted by Gasteiger charge is -2.07. The van der Waals surface area contributed by atoms with E-state index in [1.165, 1.54) is 12.1 Å². The molecule has 1 aromatic carbocycles. The first-order valence-electron chi connectivity index (χ1n) is 5.12. The number of benzene rings is 1. The highest BCUT2D eigenvalue weighted by Gasteiger charge is 2.07. The Kier molecular flexibility index (Phi) is 3.10. The minimum absolute atomic E-state index is 0.273. The van der Waals surface area contributed by atoms with Crippen LogP contribution in [-0.4, -0.2) is 16.5 Å². The third-order valence-electron chi connectivity index (χ3n) is 2.14. The quantitative estimate of drug-likeness (QED) is 0.859. The highest BCUT2D eigenvalue weighted by atomic mass is 19.1. The fourth-order valence-corrected chi connectivity index (χ4v) is 1.48. The smallest absolute Gasteiger partial charge is 0.152 e. The average Bonchev–Trinajstić information content (AvgIpc) is 2.30. The molecule has 4 heteroatoms. The normalized spacial score (nSPS) is 10.1. The molecule has 0 radical (unpaired) electrons. The highest BCUT2D eigenvalue weighted by Crippen LogP contribution is 2.23. The number of rotatable bonds is 3. The Morgan fingerprint density at radius 2 is 2.06 bits per heavy atom. The zero-order valence-electron chi connectivity index (χ0n) is 8.94. The van der Waals surface area contributed by atoms with E-state index in [-0.39, 0.29) is 5.82 Å². The third kappa shape index (κ3) is 2.16. The largest absolute Gasteiger partial charge is 0.369 e. The summed E-state index contributed by atoms with van der Waals surface area (Å²) in [6.07, 6.45) is 3.21. The summed E-state index contributed by atoms with van der Waals surface area (Å²) in [7, 11) is 0. The van der Waals surface area contributed by atoms with Crippen LogP contribution >= 0.6 is 0 Å². The maximum Gasteiger partial charge on any atom is 0.152 e. The molecule has 0 spiro atoms. The molecule has 0 aliphatic rings. The number of hydrogen-bond acceptors (Lipinski definition) is 3. The molecule has 0 unspecified atom stereocenters. The molecule has 0 bridgehead atoms. The van der Waals surface area contributed by atoms with Gasteiger partial charge in [0.05, 0.1) is 0 Å². The first-order valence-corrected chi connectivity index (χ1v) is 5.12. The Hall–Kier alpha value is -1.97. The molecule has 2 aromatic rings. The minimum atomic E-state index is -0.273. The van der Waals surface area contributed by atoms with Crippen LogP contribution in [0.1, 0.15) is 6.92 Å². The molecule has 0 amide bonds. The predicted octanol–water partition coefficient (Wildman–Crippen LogP) is 2.71. The molecule has 1 N–H and O–H groups in total. The van der Waals surface area contributed by atoms with Crippen LogP contribution in [0.5, 0.6) is 0 Å². The van der Waals surface area contributed by atoms with Crippen molar-refractivity contribution in [1.82, 2.24) is 9.97 Å². The minimum Gasteiger partial charge on any atom is -0.369 e. The molecular weight excluding hydrogens is 205 g/mol. The standard InChI is InChI=1S/C12H12FN3/c1-2-14-12-11(15-6-7-16-12)9-4-3-5-10(13)8-9/h3-8H,2H2,1H3,(H,14,16). The Balaban J connectivity index is 2.46. The van der Waals surface area contributed by atoms with Crippen LogP contribution in [0.4, 0.5) is 10.2 Å². The van der Waals surface area contributed by atoms with E-state index in [1.54, 1.807) is 18.5 Å². The van der Waals surface area contributed by atoms with Gasteiger partial charge in [-0.15, -0.1) is 0 Å². The predicted molar refractivity (Wildman–Crippen MR) is 61.6 cm³/mol. The van der Waals surface area contributed by atoms with Gasteiger partial charge in [-0.2, -0.15) is 0 Å². The van der Waals surface area contributed by atoms with Gasteiger partial charge >= 0.3 is 0 Å². The zero-order valence-corrected chi connectivity index (χ0v) is 8.94. The van der Waals surface area contributed by atoms with Crippen LogP contribution in [0.2, 0.25) is 0 Å². The third-order valence-corrected chi connectivity index (χ3v) is 2.14. The van der Waals surface area contributed by atoms with Gasteiger partial charge in [-0.3, -0.25) is 4.98 Å². The van der Waals surface area contributed by atoms with E-state index in [0.29, 0.717) is 11.5 Å². The molecule has 0 aliphatic heterocycles. The summed E-state index contributed by atoms with van der Waals surface area (Å²) in [5, 5.41) is 3.10. The Bertz CT molecular complexity index is 485. The van der Waals surface area contributed by atoms with E-state index in [0.717, 1.165) is 12.1 Å². The van der Waals surface area contributed by atoms with Gasteiger partial charge in [-0.25, -0.2) is 9.37 Å². The molecular formula is C12H12FN3. The molecule has 0 fully saturated rings. The summed E-state index contributed by atoms with van der Waals surface area (Å²) in [4.78, 5) is 8.40. The van der Waals surface area contributed by atoms with Crippen LogP contribution < -0.4 is 5.32 Å². The second-order valence-corrected chi connectivity index (χ2v) is 3.29. The number of nitrogens with zero attached hydrogens (tertiary/aromatic N) is 2. The molecule has 0 aliphatic carbocycles. The molecule has 3 nitrogen and oxygen atoms in total. The number of hydrogen-bond donors (Lipinski definition) is 1. The summed E-state index contributed by atoms with van der Waals surface area (Å²) >= 11 is 0. The van der Waals surface area contributed by atoms with E-state index in [1.807, 2.05) is 13.0 Å². The van der Waals surface area contributed by atoms with Crippen molar-refractivity contribution in [3.8, 4) is 11.3 Å². The second-order valence-electron chi connectivity index (χ2n) is 3.29. The Morgan fingerprint density at radius 1 is 1.25 bits per heavy atom. The van der Waals surface area contributed by atoms with Crippen molar-refractivity contribution in [3.63, 3.8) is 0 Å². The van der Waals surface area contributed by atoms with Crippen LogP contribution in [0.25, 0.3) is 11.3 Å². The first kappa shape index (κ1) is 10.5. The number of halogens is 1. The van der Waals surface area contributed by atoms with Crippen molar-refractivity contribution in [2.75, 3.05) is 11.9 Å². The Labute approximate surface area is 93.4 Å². The summed E-state index contributed by atoms with van der Waals surface area (Å²) in [5.41, 5.74) is 1.40. The van der Waals surface area contributed by atoms with Gasteiger partial charge in [0, 0.05) is 24.5 Å². The van der Waals surface area contributed by atoms with Crippen molar-refractivity contribution in [1.29, 1.82) is 0 Å². The lowest BCUT2D eigenvalue weighted by molar-refractivity contribution is 0.628. The first-order chi connectivity index (χ1) is 7.81. The average molecular weight is 217 g/mol. The van der Waals surface area contributed by atoms with Crippen LogP contribution in [0, 0.1) is 5.82 Å². The van der Waals surface area contributed by atoms with Gasteiger partial charge in [0.1, 0.15) is 11.5 Å². The Morgan fingerprint density at radius 3 is 2.81 bits per heavy atom. The summed E-state index contributed by atoms with van der Waals surface area (Å²) in [5.74, 6) is 0.404. The van der Waals surface area contributed by atoms with E-state index in [9.17, 15) is 4.39 Å². The van der Waals surface area contributed by atoms with E-state index < -0.39 is 0 Å². The molecule has 0 atom stereocenters. The van der Waals surface area contributed by atoms with Gasteiger partial charge in [0.25, 0.3) is 0 Å². The molecule has 1 heterocycles. The van der Waals surface area contributed by atoms with E-state index in [4.69, 9.17) is 0 Å². The molecule has 16 heavy (non-hydrogen) atoms. The van der Waals surface area contributed by atoms with Crippen LogP contribution in [-0.2, 0) is 0 Å². The molecule has 1 aromatic heterocycles. The van der Waals surface area contributed by atoms with Crippen molar-refractivity contribution >= 4 is 5.82 Å². The van der Waals surface area contributed by atoms with E-state index >= 15 is 0 Å².